The Hall–Kier alpha value is -4.70. The van der Waals surface area contributed by atoms with Crippen LogP contribution >= 0.6 is 0 Å². The lowest BCUT2D eigenvalue weighted by molar-refractivity contribution is -0.132. The van der Waals surface area contributed by atoms with Gasteiger partial charge < -0.3 is 38.5 Å². The van der Waals surface area contributed by atoms with E-state index in [-0.39, 0.29) is 18.4 Å². The summed E-state index contributed by atoms with van der Waals surface area (Å²) in [6.45, 7) is 4.04. The second-order valence-corrected chi connectivity index (χ2v) is 10.5. The zero-order valence-corrected chi connectivity index (χ0v) is 26.8. The zero-order chi connectivity index (χ0) is 32.2. The molecule has 0 atom stereocenters. The Morgan fingerprint density at radius 3 is 2.20 bits per heavy atom. The molecule has 0 aliphatic carbocycles. The summed E-state index contributed by atoms with van der Waals surface area (Å²) in [5, 5.41) is 1.13. The van der Waals surface area contributed by atoms with Gasteiger partial charge in [-0.2, -0.15) is 0 Å². The number of methoxy groups -OCH3 is 4. The number of H-pyrrole nitrogens is 1. The van der Waals surface area contributed by atoms with E-state index >= 15 is 0 Å². The van der Waals surface area contributed by atoms with Crippen LogP contribution in [0.25, 0.3) is 10.9 Å². The quantitative estimate of drug-likeness (QED) is 0.160. The topological polar surface area (TPSA) is 103 Å². The Labute approximate surface area is 264 Å². The largest absolute Gasteiger partial charge is 0.494 e. The van der Waals surface area contributed by atoms with Crippen LogP contribution < -0.4 is 18.9 Å². The fraction of sp³-hybridized carbons (Fsp3) is 0.371. The van der Waals surface area contributed by atoms with E-state index in [1.165, 1.54) is 21.3 Å². The van der Waals surface area contributed by atoms with Gasteiger partial charge in [0.05, 0.1) is 27.9 Å². The van der Waals surface area contributed by atoms with Gasteiger partial charge in [-0.25, -0.2) is 0 Å². The van der Waals surface area contributed by atoms with E-state index < -0.39 is 0 Å². The summed E-state index contributed by atoms with van der Waals surface area (Å²) in [4.78, 5) is 34.7. The molecule has 0 spiro atoms. The molecule has 0 aliphatic heterocycles. The molecule has 4 aromatic rings. The van der Waals surface area contributed by atoms with E-state index in [4.69, 9.17) is 23.7 Å². The summed E-state index contributed by atoms with van der Waals surface area (Å²) in [5.74, 6) is 1.40. The first-order valence-corrected chi connectivity index (χ1v) is 15.0. The van der Waals surface area contributed by atoms with Crippen LogP contribution in [0.15, 0.2) is 66.9 Å². The fourth-order valence-corrected chi connectivity index (χ4v) is 5.27. The first-order chi connectivity index (χ1) is 21.9. The lowest BCUT2D eigenvalue weighted by Crippen LogP contribution is -2.44. The molecule has 0 aliphatic rings. The highest BCUT2D eigenvalue weighted by molar-refractivity contribution is 5.97. The number of carbonyl (C=O) groups excluding carboxylic acids is 2. The van der Waals surface area contributed by atoms with Gasteiger partial charge in [0.15, 0.2) is 11.5 Å². The minimum atomic E-state index is -0.323. The molecule has 0 bridgehead atoms. The van der Waals surface area contributed by atoms with Gasteiger partial charge in [0.1, 0.15) is 12.3 Å². The molecule has 2 amide bonds. The number of benzene rings is 3. The molecule has 0 fully saturated rings. The molecule has 0 saturated carbocycles. The molecule has 3 aromatic carbocycles. The van der Waals surface area contributed by atoms with Gasteiger partial charge in [-0.15, -0.1) is 0 Å². The van der Waals surface area contributed by atoms with Crippen molar-refractivity contribution < 1.29 is 33.3 Å². The number of ether oxygens (including phenoxy) is 5. The van der Waals surface area contributed by atoms with Crippen molar-refractivity contribution in [3.8, 4) is 23.0 Å². The lowest BCUT2D eigenvalue weighted by Gasteiger charge is -2.28. The molecule has 0 radical (unpaired) electrons. The molecule has 1 N–H and O–H groups in total. The first kappa shape index (κ1) is 33.2. The number of hydrogen-bond acceptors (Lipinski definition) is 7. The molecule has 0 unspecified atom stereocenters. The summed E-state index contributed by atoms with van der Waals surface area (Å²) in [6, 6.07) is 19.1. The van der Waals surface area contributed by atoms with Gasteiger partial charge in [-0.3, -0.25) is 9.59 Å². The van der Waals surface area contributed by atoms with E-state index in [0.717, 1.165) is 27.8 Å². The zero-order valence-electron chi connectivity index (χ0n) is 26.8. The van der Waals surface area contributed by atoms with Gasteiger partial charge >= 0.3 is 0 Å². The van der Waals surface area contributed by atoms with Crippen molar-refractivity contribution in [1.82, 2.24) is 14.8 Å². The average molecular weight is 618 g/mol. The minimum Gasteiger partial charge on any atom is -0.494 e. The number of nitrogens with zero attached hydrogens (tertiary/aromatic N) is 2. The predicted molar refractivity (Wildman–Crippen MR) is 174 cm³/mol. The highest BCUT2D eigenvalue weighted by Crippen LogP contribution is 2.38. The Morgan fingerprint density at radius 1 is 0.844 bits per heavy atom. The van der Waals surface area contributed by atoms with E-state index in [1.807, 2.05) is 60.5 Å². The first-order valence-electron chi connectivity index (χ1n) is 15.0. The number of carbonyl (C=O) groups is 2. The van der Waals surface area contributed by atoms with Crippen molar-refractivity contribution in [2.24, 2.45) is 0 Å². The van der Waals surface area contributed by atoms with E-state index in [9.17, 15) is 9.59 Å². The Morgan fingerprint density at radius 2 is 1.56 bits per heavy atom. The molecule has 10 heteroatoms. The summed E-state index contributed by atoms with van der Waals surface area (Å²) < 4.78 is 27.2. The summed E-state index contributed by atoms with van der Waals surface area (Å²) >= 11 is 0. The van der Waals surface area contributed by atoms with Gasteiger partial charge in [0, 0.05) is 56.0 Å². The smallest absolute Gasteiger partial charge is 0.254 e. The van der Waals surface area contributed by atoms with Gasteiger partial charge in [0.25, 0.3) is 5.91 Å². The van der Waals surface area contributed by atoms with Crippen LogP contribution in [0.1, 0.15) is 34.8 Å². The molecule has 240 valence electrons. The monoisotopic (exact) mass is 617 g/mol. The van der Waals surface area contributed by atoms with Gasteiger partial charge in [-0.05, 0) is 61.2 Å². The third-order valence-electron chi connectivity index (χ3n) is 7.59. The molecule has 1 heterocycles. The molecular weight excluding hydrogens is 574 g/mol. The molecule has 4 rings (SSSR count). The van der Waals surface area contributed by atoms with Crippen LogP contribution in [0.3, 0.4) is 0 Å². The second-order valence-electron chi connectivity index (χ2n) is 10.5. The van der Waals surface area contributed by atoms with E-state index in [1.54, 1.807) is 24.1 Å². The van der Waals surface area contributed by atoms with Gasteiger partial charge in [-0.1, -0.05) is 30.3 Å². The summed E-state index contributed by atoms with van der Waals surface area (Å²) in [6.07, 6.45) is 3.21. The van der Waals surface area contributed by atoms with Crippen LogP contribution in [0, 0.1) is 0 Å². The van der Waals surface area contributed by atoms with Crippen LogP contribution in [-0.4, -0.2) is 87.9 Å². The standard InChI is InChI=1S/C35H43N3O7/c1-6-45-28-14-12-25(13-15-28)23-37(18-16-26-22-36-30-11-8-7-10-29(26)30)33(39)24-38(17-9-19-41-2)35(40)27-20-31(42-3)34(44-5)32(21-27)43-4/h7-8,10-15,20-22,36H,6,9,16-19,23-24H2,1-5H3. The number of fused-ring (bicyclic) bond motifs is 1. The Balaban J connectivity index is 1.60. The third-order valence-corrected chi connectivity index (χ3v) is 7.59. The number of aromatic amines is 1. The number of para-hydroxylation sites is 1. The highest BCUT2D eigenvalue weighted by atomic mass is 16.5. The third kappa shape index (κ3) is 8.48. The maximum atomic E-state index is 14.1. The van der Waals surface area contributed by atoms with Crippen LogP contribution in [0.2, 0.25) is 0 Å². The number of nitrogens with one attached hydrogen (secondary N) is 1. The number of rotatable bonds is 17. The number of aromatic nitrogens is 1. The summed E-state index contributed by atoms with van der Waals surface area (Å²) in [5.41, 5.74) is 3.47. The van der Waals surface area contributed by atoms with Crippen molar-refractivity contribution in [1.29, 1.82) is 0 Å². The molecule has 45 heavy (non-hydrogen) atoms. The fourth-order valence-electron chi connectivity index (χ4n) is 5.27. The van der Waals surface area contributed by atoms with Crippen LogP contribution in [0.5, 0.6) is 23.0 Å². The lowest BCUT2D eigenvalue weighted by atomic mass is 10.1. The minimum absolute atomic E-state index is 0.107. The normalized spacial score (nSPS) is 10.9. The Bertz CT molecular complexity index is 1530. The van der Waals surface area contributed by atoms with Crippen molar-refractivity contribution in [3.63, 3.8) is 0 Å². The Kier molecular flexibility index (Phi) is 12.1. The van der Waals surface area contributed by atoms with Crippen molar-refractivity contribution in [3.05, 3.63) is 83.6 Å². The molecular formula is C35H43N3O7. The van der Waals surface area contributed by atoms with E-state index in [0.29, 0.717) is 68.5 Å². The maximum Gasteiger partial charge on any atom is 0.254 e. The van der Waals surface area contributed by atoms with Crippen LogP contribution in [-0.2, 0) is 22.5 Å². The number of amides is 2. The van der Waals surface area contributed by atoms with E-state index in [2.05, 4.69) is 11.1 Å². The second kappa shape index (κ2) is 16.4. The van der Waals surface area contributed by atoms with Crippen LogP contribution in [0.4, 0.5) is 0 Å². The summed E-state index contributed by atoms with van der Waals surface area (Å²) in [7, 11) is 6.11. The van der Waals surface area contributed by atoms with Crippen molar-refractivity contribution in [2.45, 2.75) is 26.3 Å². The van der Waals surface area contributed by atoms with Crippen molar-refractivity contribution >= 4 is 22.7 Å². The molecule has 0 saturated heterocycles. The SMILES string of the molecule is CCOc1ccc(CN(CCc2c[nH]c3ccccc23)C(=O)CN(CCCOC)C(=O)c2cc(OC)c(OC)c(OC)c2)cc1. The molecule has 10 nitrogen and oxygen atoms in total. The molecule has 1 aromatic heterocycles. The average Bonchev–Trinajstić information content (AvgIpc) is 3.49. The highest BCUT2D eigenvalue weighted by Gasteiger charge is 2.25. The predicted octanol–water partition coefficient (Wildman–Crippen LogP) is 5.34. The van der Waals surface area contributed by atoms with Crippen molar-refractivity contribution in [2.75, 3.05) is 61.3 Å². The maximum absolute atomic E-state index is 14.1. The van der Waals surface area contributed by atoms with Gasteiger partial charge in [0.2, 0.25) is 11.7 Å². The number of hydrogen-bond donors (Lipinski definition) is 1.